The SMILES string of the molecule is CCCOc1cccc2c1[nH]c(=S)n2CC(C)S(C)=O. The predicted octanol–water partition coefficient (Wildman–Crippen LogP) is 3.25. The molecule has 0 spiro atoms. The van der Waals surface area contributed by atoms with Crippen LogP contribution < -0.4 is 4.74 Å². The number of aromatic amines is 1. The van der Waals surface area contributed by atoms with E-state index in [1.807, 2.05) is 29.7 Å². The molecule has 2 aromatic rings. The number of hydrogen-bond donors (Lipinski definition) is 1. The smallest absolute Gasteiger partial charge is 0.178 e. The van der Waals surface area contributed by atoms with E-state index >= 15 is 0 Å². The van der Waals surface area contributed by atoms with Crippen LogP contribution in [-0.2, 0) is 17.3 Å². The zero-order valence-electron chi connectivity index (χ0n) is 12.0. The van der Waals surface area contributed by atoms with Gasteiger partial charge in [-0.05, 0) is 37.7 Å². The van der Waals surface area contributed by atoms with Crippen LogP contribution in [0.3, 0.4) is 0 Å². The first-order valence-corrected chi connectivity index (χ1v) is 8.74. The third-order valence-electron chi connectivity index (χ3n) is 3.24. The monoisotopic (exact) mass is 312 g/mol. The lowest BCUT2D eigenvalue weighted by molar-refractivity contribution is 0.320. The van der Waals surface area contributed by atoms with Crippen molar-refractivity contribution in [2.24, 2.45) is 0 Å². The maximum atomic E-state index is 11.6. The molecule has 0 fully saturated rings. The van der Waals surface area contributed by atoms with Crippen LogP contribution in [0.4, 0.5) is 0 Å². The number of nitrogens with one attached hydrogen (secondary N) is 1. The third-order valence-corrected chi connectivity index (χ3v) is 4.84. The Kier molecular flexibility index (Phi) is 4.99. The van der Waals surface area contributed by atoms with Crippen molar-refractivity contribution in [3.63, 3.8) is 0 Å². The van der Waals surface area contributed by atoms with Gasteiger partial charge in [-0.3, -0.25) is 4.21 Å². The fourth-order valence-electron chi connectivity index (χ4n) is 2.03. The van der Waals surface area contributed by atoms with Crippen molar-refractivity contribution >= 4 is 34.1 Å². The molecule has 2 atom stereocenters. The number of nitrogens with zero attached hydrogens (tertiary/aromatic N) is 1. The minimum Gasteiger partial charge on any atom is -0.491 e. The molecule has 6 heteroatoms. The number of imidazole rings is 1. The van der Waals surface area contributed by atoms with E-state index in [-0.39, 0.29) is 5.25 Å². The summed E-state index contributed by atoms with van der Waals surface area (Å²) in [5, 5.41) is 0.0564. The van der Waals surface area contributed by atoms with Crippen LogP contribution >= 0.6 is 12.2 Å². The van der Waals surface area contributed by atoms with Crippen LogP contribution in [-0.4, -0.2) is 31.9 Å². The van der Waals surface area contributed by atoms with E-state index in [9.17, 15) is 4.21 Å². The molecule has 1 heterocycles. The molecule has 20 heavy (non-hydrogen) atoms. The van der Waals surface area contributed by atoms with E-state index in [1.54, 1.807) is 6.26 Å². The molecule has 0 saturated carbocycles. The topological polar surface area (TPSA) is 47.0 Å². The lowest BCUT2D eigenvalue weighted by Gasteiger charge is -2.10. The van der Waals surface area contributed by atoms with Crippen LogP contribution in [0.15, 0.2) is 18.2 Å². The summed E-state index contributed by atoms with van der Waals surface area (Å²) in [4.78, 5) is 3.20. The fourth-order valence-corrected chi connectivity index (χ4v) is 2.66. The van der Waals surface area contributed by atoms with Crippen molar-refractivity contribution in [3.05, 3.63) is 23.0 Å². The Bertz CT molecular complexity index is 675. The highest BCUT2D eigenvalue weighted by atomic mass is 32.2. The maximum Gasteiger partial charge on any atom is 0.178 e. The molecule has 0 aliphatic carbocycles. The molecule has 0 radical (unpaired) electrons. The van der Waals surface area contributed by atoms with Gasteiger partial charge in [0.15, 0.2) is 4.77 Å². The largest absolute Gasteiger partial charge is 0.491 e. The maximum absolute atomic E-state index is 11.6. The van der Waals surface area contributed by atoms with Gasteiger partial charge in [0, 0.05) is 28.9 Å². The predicted molar refractivity (Wildman–Crippen MR) is 86.4 cm³/mol. The molecule has 2 unspecified atom stereocenters. The first-order valence-electron chi connectivity index (χ1n) is 6.71. The van der Waals surface area contributed by atoms with Gasteiger partial charge in [-0.15, -0.1) is 0 Å². The Labute approximate surface area is 126 Å². The van der Waals surface area contributed by atoms with Gasteiger partial charge in [-0.1, -0.05) is 13.0 Å². The molecule has 1 N–H and O–H groups in total. The zero-order chi connectivity index (χ0) is 14.7. The molecule has 110 valence electrons. The zero-order valence-corrected chi connectivity index (χ0v) is 13.6. The van der Waals surface area contributed by atoms with Crippen LogP contribution in [0.5, 0.6) is 5.75 Å². The summed E-state index contributed by atoms with van der Waals surface area (Å²) in [5.74, 6) is 0.819. The second-order valence-electron chi connectivity index (χ2n) is 4.85. The summed E-state index contributed by atoms with van der Waals surface area (Å²) >= 11 is 5.38. The quantitative estimate of drug-likeness (QED) is 0.833. The molecular formula is C14H20N2O2S2. The molecular weight excluding hydrogens is 292 g/mol. The highest BCUT2D eigenvalue weighted by Gasteiger charge is 2.13. The van der Waals surface area contributed by atoms with Crippen molar-refractivity contribution in [2.75, 3.05) is 12.9 Å². The number of benzene rings is 1. The van der Waals surface area contributed by atoms with Gasteiger partial charge in [0.2, 0.25) is 0 Å². The number of H-pyrrole nitrogens is 1. The number of ether oxygens (including phenoxy) is 1. The standard InChI is InChI=1S/C14H20N2O2S2/c1-4-8-18-12-7-5-6-11-13(12)15-14(19)16(11)9-10(2)20(3)17/h5-7,10H,4,8-9H2,1-3H3,(H,15,19). The summed E-state index contributed by atoms with van der Waals surface area (Å²) in [6.07, 6.45) is 2.68. The highest BCUT2D eigenvalue weighted by Crippen LogP contribution is 2.25. The van der Waals surface area contributed by atoms with Gasteiger partial charge in [0.1, 0.15) is 11.3 Å². The second kappa shape index (κ2) is 6.54. The summed E-state index contributed by atoms with van der Waals surface area (Å²) in [6.45, 7) is 5.36. The van der Waals surface area contributed by atoms with Gasteiger partial charge in [0.05, 0.1) is 12.1 Å². The van der Waals surface area contributed by atoms with Crippen LogP contribution in [0.25, 0.3) is 11.0 Å². The lowest BCUT2D eigenvalue weighted by Crippen LogP contribution is -2.17. The normalized spacial score (nSPS) is 14.3. The van der Waals surface area contributed by atoms with Crippen LogP contribution in [0.2, 0.25) is 0 Å². The van der Waals surface area contributed by atoms with Crippen molar-refractivity contribution < 1.29 is 8.95 Å². The number of hydrogen-bond acceptors (Lipinski definition) is 3. The van der Waals surface area contributed by atoms with Crippen LogP contribution in [0.1, 0.15) is 20.3 Å². The van der Waals surface area contributed by atoms with E-state index in [2.05, 4.69) is 11.9 Å². The van der Waals surface area contributed by atoms with Crippen molar-refractivity contribution in [2.45, 2.75) is 32.1 Å². The molecule has 0 amide bonds. The average Bonchev–Trinajstić information content (AvgIpc) is 2.73. The van der Waals surface area contributed by atoms with Crippen molar-refractivity contribution in [1.82, 2.24) is 9.55 Å². The summed E-state index contributed by atoms with van der Waals surface area (Å²) < 4.78 is 19.9. The second-order valence-corrected chi connectivity index (χ2v) is 7.04. The Hall–Kier alpha value is -1.14. The minimum atomic E-state index is -0.869. The first-order chi connectivity index (χ1) is 9.54. The summed E-state index contributed by atoms with van der Waals surface area (Å²) in [6, 6.07) is 5.90. The third kappa shape index (κ3) is 3.12. The average molecular weight is 312 g/mol. The van der Waals surface area contributed by atoms with Gasteiger partial charge in [0.25, 0.3) is 0 Å². The molecule has 0 aliphatic rings. The highest BCUT2D eigenvalue weighted by molar-refractivity contribution is 7.84. The number of rotatable bonds is 6. The molecule has 0 bridgehead atoms. The molecule has 0 saturated heterocycles. The van der Waals surface area contributed by atoms with E-state index < -0.39 is 10.8 Å². The first kappa shape index (κ1) is 15.3. The van der Waals surface area contributed by atoms with Gasteiger partial charge in [-0.2, -0.15) is 0 Å². The van der Waals surface area contributed by atoms with Gasteiger partial charge < -0.3 is 14.3 Å². The molecule has 2 rings (SSSR count). The molecule has 1 aromatic carbocycles. The van der Waals surface area contributed by atoms with E-state index in [4.69, 9.17) is 17.0 Å². The molecule has 1 aromatic heterocycles. The minimum absolute atomic E-state index is 0.0564. The Morgan fingerprint density at radius 2 is 2.25 bits per heavy atom. The van der Waals surface area contributed by atoms with Gasteiger partial charge >= 0.3 is 0 Å². The fraction of sp³-hybridized carbons (Fsp3) is 0.500. The van der Waals surface area contributed by atoms with E-state index in [0.29, 0.717) is 17.9 Å². The van der Waals surface area contributed by atoms with E-state index in [1.165, 1.54) is 0 Å². The lowest BCUT2D eigenvalue weighted by atomic mass is 10.3. The Morgan fingerprint density at radius 3 is 2.90 bits per heavy atom. The van der Waals surface area contributed by atoms with Crippen molar-refractivity contribution in [1.29, 1.82) is 0 Å². The van der Waals surface area contributed by atoms with Crippen molar-refractivity contribution in [3.8, 4) is 5.75 Å². The Morgan fingerprint density at radius 1 is 1.50 bits per heavy atom. The molecule has 4 nitrogen and oxygen atoms in total. The number of para-hydroxylation sites is 1. The summed E-state index contributed by atoms with van der Waals surface area (Å²) in [5.41, 5.74) is 1.92. The van der Waals surface area contributed by atoms with Gasteiger partial charge in [-0.25, -0.2) is 0 Å². The molecule has 0 aliphatic heterocycles. The summed E-state index contributed by atoms with van der Waals surface area (Å²) in [7, 11) is -0.869. The number of aromatic nitrogens is 2. The van der Waals surface area contributed by atoms with E-state index in [0.717, 1.165) is 23.2 Å². The Balaban J connectivity index is 2.44. The van der Waals surface area contributed by atoms with Crippen LogP contribution in [0, 0.1) is 4.77 Å². The number of fused-ring (bicyclic) bond motifs is 1.